The minimum absolute atomic E-state index is 0.154. The van der Waals surface area contributed by atoms with E-state index in [0.717, 1.165) is 37.5 Å². The van der Waals surface area contributed by atoms with Gasteiger partial charge in [-0.3, -0.25) is 4.79 Å². The molecule has 7 nitrogen and oxygen atoms in total. The number of amides is 1. The van der Waals surface area contributed by atoms with Gasteiger partial charge in [0.05, 0.1) is 22.5 Å². The van der Waals surface area contributed by atoms with Gasteiger partial charge in [0.25, 0.3) is 5.91 Å². The number of carbonyl (C=O) groups excluding carboxylic acids is 1. The predicted molar refractivity (Wildman–Crippen MR) is 131 cm³/mol. The Morgan fingerprint density at radius 2 is 1.77 bits per heavy atom. The first-order valence-corrected chi connectivity index (χ1v) is 13.4. The van der Waals surface area contributed by atoms with Crippen molar-refractivity contribution >= 4 is 21.4 Å². The van der Waals surface area contributed by atoms with Crippen molar-refractivity contribution in [1.29, 1.82) is 0 Å². The molecule has 9 heteroatoms. The van der Waals surface area contributed by atoms with Crippen LogP contribution in [0.5, 0.6) is 0 Å². The van der Waals surface area contributed by atoms with Crippen LogP contribution in [0.25, 0.3) is 28.2 Å². The van der Waals surface area contributed by atoms with E-state index in [1.165, 1.54) is 36.8 Å². The molecule has 0 radical (unpaired) electrons. The summed E-state index contributed by atoms with van der Waals surface area (Å²) in [6, 6.07) is 14.3. The van der Waals surface area contributed by atoms with Crippen LogP contribution in [0.4, 0.5) is 4.39 Å². The molecule has 180 valence electrons. The van der Waals surface area contributed by atoms with Crippen molar-refractivity contribution in [3.8, 4) is 22.5 Å². The topological polar surface area (TPSA) is 93.4 Å². The van der Waals surface area contributed by atoms with Crippen molar-refractivity contribution in [2.24, 2.45) is 0 Å². The van der Waals surface area contributed by atoms with Crippen LogP contribution in [0, 0.1) is 5.82 Å². The first-order chi connectivity index (χ1) is 16.8. The van der Waals surface area contributed by atoms with Crippen LogP contribution in [-0.4, -0.2) is 41.2 Å². The normalized spacial score (nSPS) is 14.8. The lowest BCUT2D eigenvalue weighted by Crippen LogP contribution is -2.36. The number of nitrogens with one attached hydrogen (secondary N) is 1. The summed E-state index contributed by atoms with van der Waals surface area (Å²) < 4.78 is 40.0. The van der Waals surface area contributed by atoms with Crippen LogP contribution < -0.4 is 5.32 Å². The van der Waals surface area contributed by atoms with Crippen LogP contribution in [-0.2, 0) is 9.84 Å². The fourth-order valence-corrected chi connectivity index (χ4v) is 5.10. The van der Waals surface area contributed by atoms with Gasteiger partial charge in [0.1, 0.15) is 5.82 Å². The number of sulfone groups is 1. The Labute approximate surface area is 202 Å². The highest BCUT2D eigenvalue weighted by molar-refractivity contribution is 7.90. The highest BCUT2D eigenvalue weighted by Gasteiger charge is 2.19. The number of benzene rings is 2. The molecule has 1 aliphatic rings. The quantitative estimate of drug-likeness (QED) is 0.437. The molecular weight excluding hydrogens is 467 g/mol. The van der Waals surface area contributed by atoms with E-state index >= 15 is 0 Å². The van der Waals surface area contributed by atoms with Gasteiger partial charge >= 0.3 is 0 Å². The van der Waals surface area contributed by atoms with Gasteiger partial charge in [0.15, 0.2) is 15.5 Å². The summed E-state index contributed by atoms with van der Waals surface area (Å²) in [5.74, 6) is -0.696. The van der Waals surface area contributed by atoms with E-state index in [4.69, 9.17) is 0 Å². The molecule has 1 saturated carbocycles. The summed E-state index contributed by atoms with van der Waals surface area (Å²) in [5, 5.41) is 7.66. The van der Waals surface area contributed by atoms with Gasteiger partial charge in [-0.1, -0.05) is 31.4 Å². The lowest BCUT2D eigenvalue weighted by Gasteiger charge is -2.22. The van der Waals surface area contributed by atoms with Gasteiger partial charge in [-0.05, 0) is 55.3 Å². The largest absolute Gasteiger partial charge is 0.349 e. The SMILES string of the molecule is CS(=O)(=O)c1ccc(-c2cnc3ccc(-c4cc(C(=O)NC5CCCCC5)ccc4F)nn23)cc1. The smallest absolute Gasteiger partial charge is 0.251 e. The highest BCUT2D eigenvalue weighted by Crippen LogP contribution is 2.26. The Bertz CT molecular complexity index is 1510. The molecule has 2 aromatic heterocycles. The first-order valence-electron chi connectivity index (χ1n) is 11.6. The molecule has 4 aromatic rings. The van der Waals surface area contributed by atoms with E-state index in [2.05, 4.69) is 15.4 Å². The van der Waals surface area contributed by atoms with Crippen molar-refractivity contribution in [3.05, 3.63) is 72.2 Å². The van der Waals surface area contributed by atoms with Gasteiger partial charge in [0, 0.05) is 29.0 Å². The lowest BCUT2D eigenvalue weighted by atomic mass is 9.95. The van der Waals surface area contributed by atoms with Crippen LogP contribution >= 0.6 is 0 Å². The van der Waals surface area contributed by atoms with Crippen LogP contribution in [0.2, 0.25) is 0 Å². The van der Waals surface area contributed by atoms with E-state index in [1.807, 2.05) is 0 Å². The molecule has 0 unspecified atom stereocenters. The zero-order valence-electron chi connectivity index (χ0n) is 19.2. The molecule has 1 aliphatic carbocycles. The second kappa shape index (κ2) is 9.22. The summed E-state index contributed by atoms with van der Waals surface area (Å²) in [6.07, 6.45) is 8.12. The van der Waals surface area contributed by atoms with E-state index in [0.29, 0.717) is 22.6 Å². The van der Waals surface area contributed by atoms with Gasteiger partial charge < -0.3 is 5.32 Å². The van der Waals surface area contributed by atoms with E-state index in [-0.39, 0.29) is 22.4 Å². The van der Waals surface area contributed by atoms with Crippen LogP contribution in [0.1, 0.15) is 42.5 Å². The molecule has 1 amide bonds. The molecule has 0 bridgehead atoms. The average molecular weight is 493 g/mol. The number of rotatable bonds is 5. The van der Waals surface area contributed by atoms with Crippen molar-refractivity contribution in [2.75, 3.05) is 6.26 Å². The number of nitrogens with zero attached hydrogens (tertiary/aromatic N) is 3. The molecule has 2 aromatic carbocycles. The summed E-state index contributed by atoms with van der Waals surface area (Å²) in [4.78, 5) is 17.4. The molecule has 0 atom stereocenters. The molecule has 0 saturated heterocycles. The Hall–Kier alpha value is -3.59. The van der Waals surface area contributed by atoms with Crippen molar-refractivity contribution < 1.29 is 17.6 Å². The predicted octanol–water partition coefficient (Wildman–Crippen LogP) is 4.67. The van der Waals surface area contributed by atoms with Crippen LogP contribution in [0.15, 0.2) is 65.7 Å². The van der Waals surface area contributed by atoms with Crippen molar-refractivity contribution in [1.82, 2.24) is 19.9 Å². The lowest BCUT2D eigenvalue weighted by molar-refractivity contribution is 0.0927. The minimum Gasteiger partial charge on any atom is -0.349 e. The molecular formula is C26H25FN4O3S. The molecule has 1 fully saturated rings. The number of fused-ring (bicyclic) bond motifs is 1. The van der Waals surface area contributed by atoms with Gasteiger partial charge in [-0.25, -0.2) is 22.3 Å². The fraction of sp³-hybridized carbons (Fsp3) is 0.269. The van der Waals surface area contributed by atoms with Crippen molar-refractivity contribution in [2.45, 2.75) is 43.0 Å². The number of aromatic nitrogens is 3. The second-order valence-electron chi connectivity index (χ2n) is 8.93. The summed E-state index contributed by atoms with van der Waals surface area (Å²) in [5.41, 5.74) is 2.87. The monoisotopic (exact) mass is 492 g/mol. The molecule has 2 heterocycles. The summed E-state index contributed by atoms with van der Waals surface area (Å²) in [6.45, 7) is 0. The molecule has 5 rings (SSSR count). The number of carbonyl (C=O) groups is 1. The highest BCUT2D eigenvalue weighted by atomic mass is 32.2. The number of hydrogen-bond acceptors (Lipinski definition) is 5. The van der Waals surface area contributed by atoms with Gasteiger partial charge in [-0.2, -0.15) is 5.10 Å². The standard InChI is InChI=1S/C26H25FN4O3S/c1-35(33,34)20-10-7-17(8-11-20)24-16-28-25-14-13-23(30-31(24)25)21-15-18(9-12-22(21)27)26(32)29-19-5-3-2-4-6-19/h7-16,19H,2-6H2,1H3,(H,29,32). The third-order valence-corrected chi connectivity index (χ3v) is 7.51. The zero-order valence-corrected chi connectivity index (χ0v) is 20.1. The first kappa shape index (κ1) is 23.2. The average Bonchev–Trinajstić information content (AvgIpc) is 3.28. The van der Waals surface area contributed by atoms with E-state index < -0.39 is 15.7 Å². The maximum absolute atomic E-state index is 14.8. The Kier molecular flexibility index (Phi) is 6.10. The number of halogens is 1. The van der Waals surface area contributed by atoms with E-state index in [9.17, 15) is 17.6 Å². The molecule has 0 aliphatic heterocycles. The third-order valence-electron chi connectivity index (χ3n) is 6.39. The maximum Gasteiger partial charge on any atom is 0.251 e. The Balaban J connectivity index is 1.48. The summed E-state index contributed by atoms with van der Waals surface area (Å²) in [7, 11) is -3.31. The molecule has 0 spiro atoms. The zero-order chi connectivity index (χ0) is 24.6. The van der Waals surface area contributed by atoms with Gasteiger partial charge in [0.2, 0.25) is 0 Å². The van der Waals surface area contributed by atoms with Crippen molar-refractivity contribution in [3.63, 3.8) is 0 Å². The second-order valence-corrected chi connectivity index (χ2v) is 10.9. The number of hydrogen-bond donors (Lipinski definition) is 1. The fourth-order valence-electron chi connectivity index (χ4n) is 4.47. The molecule has 1 N–H and O–H groups in total. The Morgan fingerprint density at radius 3 is 2.49 bits per heavy atom. The Morgan fingerprint density at radius 1 is 1.03 bits per heavy atom. The molecule has 35 heavy (non-hydrogen) atoms. The van der Waals surface area contributed by atoms with E-state index in [1.54, 1.807) is 35.0 Å². The van der Waals surface area contributed by atoms with Gasteiger partial charge in [-0.15, -0.1) is 0 Å². The van der Waals surface area contributed by atoms with Crippen LogP contribution in [0.3, 0.4) is 0 Å². The third kappa shape index (κ3) is 4.81. The number of imidazole rings is 1. The maximum atomic E-state index is 14.8. The minimum atomic E-state index is -3.31. The summed E-state index contributed by atoms with van der Waals surface area (Å²) >= 11 is 0.